The van der Waals surface area contributed by atoms with Gasteiger partial charge in [-0.05, 0) is 42.3 Å². The number of ether oxygens (including phenoxy) is 1. The molecule has 6 nitrogen and oxygen atoms in total. The fraction of sp³-hybridized carbons (Fsp3) is 0.304. The van der Waals surface area contributed by atoms with Crippen molar-refractivity contribution in [1.29, 1.82) is 0 Å². The number of hydrogen-bond donors (Lipinski definition) is 0. The summed E-state index contributed by atoms with van der Waals surface area (Å²) in [4.78, 5) is 16.8. The number of halogens is 1. The van der Waals surface area contributed by atoms with Gasteiger partial charge in [0.25, 0.3) is 0 Å². The Morgan fingerprint density at radius 3 is 2.60 bits per heavy atom. The van der Waals surface area contributed by atoms with E-state index in [9.17, 15) is 4.79 Å². The summed E-state index contributed by atoms with van der Waals surface area (Å²) in [5.74, 6) is 0.839. The minimum Gasteiger partial charge on any atom is -0.378 e. The summed E-state index contributed by atoms with van der Waals surface area (Å²) in [6.45, 7) is 5.06. The van der Waals surface area contributed by atoms with Gasteiger partial charge in [0.2, 0.25) is 5.91 Å². The average molecular weight is 425 g/mol. The quantitative estimate of drug-likeness (QED) is 0.621. The Labute approximate surface area is 181 Å². The molecular weight excluding hydrogens is 400 g/mol. The van der Waals surface area contributed by atoms with Crippen LogP contribution in [0, 0.1) is 6.92 Å². The molecule has 0 aliphatic carbocycles. The third-order valence-electron chi connectivity index (χ3n) is 5.27. The SMILES string of the molecule is Cc1cccc(N(C)C(=O)Cn2cc(-c3ccc(Cl)cc3)c(N3CCOCC3)n2)c1. The van der Waals surface area contributed by atoms with Gasteiger partial charge in [0.05, 0.1) is 13.2 Å². The number of carbonyl (C=O) groups is 1. The predicted molar refractivity (Wildman–Crippen MR) is 120 cm³/mol. The molecule has 30 heavy (non-hydrogen) atoms. The Morgan fingerprint density at radius 1 is 1.17 bits per heavy atom. The van der Waals surface area contributed by atoms with Gasteiger partial charge in [0.15, 0.2) is 5.82 Å². The van der Waals surface area contributed by atoms with Crippen molar-refractivity contribution in [2.75, 3.05) is 43.2 Å². The highest BCUT2D eigenvalue weighted by molar-refractivity contribution is 6.30. The number of amides is 1. The second-order valence-corrected chi connectivity index (χ2v) is 7.90. The minimum absolute atomic E-state index is 0.0284. The van der Waals surface area contributed by atoms with E-state index < -0.39 is 0 Å². The Balaban J connectivity index is 1.61. The van der Waals surface area contributed by atoms with Crippen LogP contribution in [0.2, 0.25) is 5.02 Å². The molecule has 7 heteroatoms. The molecule has 0 saturated carbocycles. The number of hydrogen-bond acceptors (Lipinski definition) is 4. The van der Waals surface area contributed by atoms with Crippen LogP contribution in [0.1, 0.15) is 5.56 Å². The summed E-state index contributed by atoms with van der Waals surface area (Å²) in [6.07, 6.45) is 1.94. The van der Waals surface area contributed by atoms with Crippen molar-refractivity contribution < 1.29 is 9.53 Å². The van der Waals surface area contributed by atoms with Crippen LogP contribution in [-0.2, 0) is 16.1 Å². The highest BCUT2D eigenvalue weighted by Crippen LogP contribution is 2.31. The third-order valence-corrected chi connectivity index (χ3v) is 5.52. The Hall–Kier alpha value is -2.83. The first-order valence-corrected chi connectivity index (χ1v) is 10.4. The zero-order valence-corrected chi connectivity index (χ0v) is 18.0. The van der Waals surface area contributed by atoms with Gasteiger partial charge in [-0.25, -0.2) is 0 Å². The lowest BCUT2D eigenvalue weighted by molar-refractivity contribution is -0.119. The van der Waals surface area contributed by atoms with Crippen LogP contribution in [0.15, 0.2) is 54.7 Å². The molecule has 1 fully saturated rings. The van der Waals surface area contributed by atoms with Gasteiger partial charge in [-0.3, -0.25) is 9.48 Å². The smallest absolute Gasteiger partial charge is 0.248 e. The summed E-state index contributed by atoms with van der Waals surface area (Å²) in [7, 11) is 1.80. The third kappa shape index (κ3) is 4.50. The maximum atomic E-state index is 12.9. The first kappa shape index (κ1) is 20.4. The Morgan fingerprint density at radius 2 is 1.90 bits per heavy atom. The van der Waals surface area contributed by atoms with E-state index in [0.29, 0.717) is 18.2 Å². The van der Waals surface area contributed by atoms with Crippen molar-refractivity contribution >= 4 is 29.0 Å². The molecule has 4 rings (SSSR count). The zero-order valence-electron chi connectivity index (χ0n) is 17.2. The van der Waals surface area contributed by atoms with Gasteiger partial charge in [-0.15, -0.1) is 0 Å². The summed E-state index contributed by atoms with van der Waals surface area (Å²) >= 11 is 6.07. The van der Waals surface area contributed by atoms with Gasteiger partial charge >= 0.3 is 0 Å². The average Bonchev–Trinajstić information content (AvgIpc) is 3.18. The van der Waals surface area contributed by atoms with Crippen LogP contribution in [0.4, 0.5) is 11.5 Å². The van der Waals surface area contributed by atoms with Gasteiger partial charge in [0, 0.05) is 42.6 Å². The summed E-state index contributed by atoms with van der Waals surface area (Å²) in [5.41, 5.74) is 4.00. The molecule has 0 bridgehead atoms. The Kier molecular flexibility index (Phi) is 6.06. The molecule has 1 aromatic heterocycles. The largest absolute Gasteiger partial charge is 0.378 e. The number of likely N-dealkylation sites (N-methyl/N-ethyl adjacent to an activating group) is 1. The number of aryl methyl sites for hydroxylation is 1. The lowest BCUT2D eigenvalue weighted by atomic mass is 10.1. The van der Waals surface area contributed by atoms with Crippen LogP contribution < -0.4 is 9.80 Å². The van der Waals surface area contributed by atoms with Gasteiger partial charge in [0.1, 0.15) is 6.54 Å². The maximum absolute atomic E-state index is 12.9. The Bertz CT molecular complexity index is 1030. The first-order chi connectivity index (χ1) is 14.5. The molecule has 0 N–H and O–H groups in total. The predicted octanol–water partition coefficient (Wildman–Crippen LogP) is 4.01. The van der Waals surface area contributed by atoms with E-state index in [4.69, 9.17) is 21.4 Å². The molecule has 0 spiro atoms. The van der Waals surface area contributed by atoms with E-state index in [1.807, 2.05) is 61.7 Å². The summed E-state index contributed by atoms with van der Waals surface area (Å²) in [6, 6.07) is 15.6. The van der Waals surface area contributed by atoms with E-state index in [0.717, 1.165) is 41.3 Å². The molecular formula is C23H25ClN4O2. The van der Waals surface area contributed by atoms with Crippen LogP contribution in [0.25, 0.3) is 11.1 Å². The van der Waals surface area contributed by atoms with Crippen LogP contribution in [0.5, 0.6) is 0 Å². The van der Waals surface area contributed by atoms with E-state index >= 15 is 0 Å². The van der Waals surface area contributed by atoms with Gasteiger partial charge in [-0.1, -0.05) is 35.9 Å². The second kappa shape index (κ2) is 8.90. The number of morpholine rings is 1. The molecule has 1 saturated heterocycles. The van der Waals surface area contributed by atoms with Crippen LogP contribution >= 0.6 is 11.6 Å². The summed E-state index contributed by atoms with van der Waals surface area (Å²) in [5, 5.41) is 5.46. The molecule has 0 radical (unpaired) electrons. The van der Waals surface area contributed by atoms with Crippen LogP contribution in [0.3, 0.4) is 0 Å². The lowest BCUT2D eigenvalue weighted by Crippen LogP contribution is -2.37. The van der Waals surface area contributed by atoms with Gasteiger partial charge in [-0.2, -0.15) is 5.10 Å². The zero-order chi connectivity index (χ0) is 21.1. The van der Waals surface area contributed by atoms with Crippen LogP contribution in [-0.4, -0.2) is 49.0 Å². The molecule has 2 aromatic carbocycles. The molecule has 2 heterocycles. The molecule has 1 aliphatic heterocycles. The van der Waals surface area contributed by atoms with E-state index in [-0.39, 0.29) is 12.5 Å². The number of rotatable bonds is 5. The van der Waals surface area contributed by atoms with Crippen molar-refractivity contribution in [1.82, 2.24) is 9.78 Å². The number of nitrogens with zero attached hydrogens (tertiary/aromatic N) is 4. The van der Waals surface area contributed by atoms with E-state index in [1.54, 1.807) is 16.6 Å². The maximum Gasteiger partial charge on any atom is 0.248 e. The normalized spacial score (nSPS) is 14.0. The molecule has 0 unspecified atom stereocenters. The van der Waals surface area contributed by atoms with Crippen molar-refractivity contribution in [2.45, 2.75) is 13.5 Å². The second-order valence-electron chi connectivity index (χ2n) is 7.46. The number of carbonyl (C=O) groups excluding carboxylic acids is 1. The van der Waals surface area contributed by atoms with Crippen molar-refractivity contribution in [3.05, 3.63) is 65.3 Å². The lowest BCUT2D eigenvalue weighted by Gasteiger charge is -2.27. The fourth-order valence-electron chi connectivity index (χ4n) is 3.56. The monoisotopic (exact) mass is 424 g/mol. The standard InChI is InChI=1S/C23H25ClN4O2/c1-17-4-3-5-20(14-17)26(2)22(29)16-28-15-21(18-6-8-19(24)9-7-18)23(25-28)27-10-12-30-13-11-27/h3-9,14-15H,10-13,16H2,1-2H3. The highest BCUT2D eigenvalue weighted by Gasteiger charge is 2.21. The molecule has 156 valence electrons. The first-order valence-electron chi connectivity index (χ1n) is 10.0. The molecule has 0 atom stereocenters. The molecule has 3 aromatic rings. The van der Waals surface area contributed by atoms with E-state index in [2.05, 4.69) is 4.90 Å². The summed E-state index contributed by atoms with van der Waals surface area (Å²) < 4.78 is 7.22. The minimum atomic E-state index is -0.0284. The van der Waals surface area contributed by atoms with Crippen molar-refractivity contribution in [3.8, 4) is 11.1 Å². The fourth-order valence-corrected chi connectivity index (χ4v) is 3.69. The number of benzene rings is 2. The van der Waals surface area contributed by atoms with Gasteiger partial charge < -0.3 is 14.5 Å². The van der Waals surface area contributed by atoms with Crippen molar-refractivity contribution in [2.24, 2.45) is 0 Å². The molecule has 1 amide bonds. The number of anilines is 2. The van der Waals surface area contributed by atoms with E-state index in [1.165, 1.54) is 0 Å². The highest BCUT2D eigenvalue weighted by atomic mass is 35.5. The molecule has 1 aliphatic rings. The topological polar surface area (TPSA) is 50.6 Å². The van der Waals surface area contributed by atoms with Crippen molar-refractivity contribution in [3.63, 3.8) is 0 Å². The number of aromatic nitrogens is 2.